The monoisotopic (exact) mass is 326 g/mol. The molecule has 3 rings (SSSR count). The fourth-order valence-electron chi connectivity index (χ4n) is 2.47. The van der Waals surface area contributed by atoms with Crippen molar-refractivity contribution in [2.45, 2.75) is 6.04 Å². The first-order valence-corrected chi connectivity index (χ1v) is 7.35. The van der Waals surface area contributed by atoms with Crippen LogP contribution in [-0.4, -0.2) is 12.0 Å². The lowest BCUT2D eigenvalue weighted by Gasteiger charge is -2.19. The van der Waals surface area contributed by atoms with Crippen LogP contribution in [0.15, 0.2) is 65.3 Å². The first kappa shape index (κ1) is 13.3. The molecule has 20 heavy (non-hydrogen) atoms. The summed E-state index contributed by atoms with van der Waals surface area (Å²) in [6, 6.07) is 18.9. The minimum absolute atomic E-state index is 0.150. The number of nitrogens with one attached hydrogen (secondary N) is 1. The second-order valence-electron chi connectivity index (χ2n) is 4.70. The van der Waals surface area contributed by atoms with E-state index in [4.69, 9.17) is 0 Å². The summed E-state index contributed by atoms with van der Waals surface area (Å²) >= 11 is 3.63. The van der Waals surface area contributed by atoms with Gasteiger partial charge in [0.25, 0.3) is 0 Å². The number of halogens is 1. The minimum atomic E-state index is 0.150. The highest BCUT2D eigenvalue weighted by Crippen LogP contribution is 2.29. The zero-order valence-corrected chi connectivity index (χ0v) is 12.8. The van der Waals surface area contributed by atoms with E-state index in [1.54, 1.807) is 0 Å². The number of fused-ring (bicyclic) bond motifs is 1. The normalized spacial score (nSPS) is 12.5. The fraction of sp³-hybridized carbons (Fsp3) is 0.118. The van der Waals surface area contributed by atoms with Crippen LogP contribution in [0.25, 0.3) is 10.9 Å². The summed E-state index contributed by atoms with van der Waals surface area (Å²) in [5.41, 5.74) is 3.47. The molecule has 0 saturated heterocycles. The molecule has 3 heteroatoms. The molecule has 0 spiro atoms. The Hall–Kier alpha value is -1.71. The fourth-order valence-corrected chi connectivity index (χ4v) is 2.99. The average molecular weight is 327 g/mol. The Bertz CT molecular complexity index is 740. The molecule has 0 radical (unpaired) electrons. The first-order chi connectivity index (χ1) is 9.79. The third-order valence-electron chi connectivity index (χ3n) is 3.47. The van der Waals surface area contributed by atoms with Gasteiger partial charge in [0.05, 0.1) is 11.6 Å². The van der Waals surface area contributed by atoms with Crippen LogP contribution in [0.2, 0.25) is 0 Å². The van der Waals surface area contributed by atoms with E-state index in [9.17, 15) is 0 Å². The van der Waals surface area contributed by atoms with Gasteiger partial charge in [0.1, 0.15) is 0 Å². The standard InChI is InChI=1S/C17H15BrN2/c1-19-17(14-6-2-3-7-15(14)18)13-9-8-12-5-4-10-20-16(12)11-13/h2-11,17,19H,1H3. The molecule has 0 saturated carbocycles. The molecule has 3 aromatic rings. The Balaban J connectivity index is 2.10. The number of benzene rings is 2. The van der Waals surface area contributed by atoms with Crippen molar-refractivity contribution in [3.8, 4) is 0 Å². The van der Waals surface area contributed by atoms with E-state index in [-0.39, 0.29) is 6.04 Å². The molecule has 2 aromatic carbocycles. The third kappa shape index (κ3) is 2.47. The highest BCUT2D eigenvalue weighted by atomic mass is 79.9. The van der Waals surface area contributed by atoms with Gasteiger partial charge in [-0.2, -0.15) is 0 Å². The van der Waals surface area contributed by atoms with Crippen molar-refractivity contribution < 1.29 is 0 Å². The minimum Gasteiger partial charge on any atom is -0.309 e. The summed E-state index contributed by atoms with van der Waals surface area (Å²) in [7, 11) is 1.98. The Morgan fingerprint density at radius 1 is 1.05 bits per heavy atom. The Labute approximate surface area is 127 Å². The lowest BCUT2D eigenvalue weighted by molar-refractivity contribution is 0.689. The van der Waals surface area contributed by atoms with Crippen LogP contribution < -0.4 is 5.32 Å². The van der Waals surface area contributed by atoms with Crippen molar-refractivity contribution in [3.63, 3.8) is 0 Å². The zero-order chi connectivity index (χ0) is 13.9. The Morgan fingerprint density at radius 2 is 1.90 bits per heavy atom. The summed E-state index contributed by atoms with van der Waals surface area (Å²) < 4.78 is 1.11. The van der Waals surface area contributed by atoms with Gasteiger partial charge in [0.2, 0.25) is 0 Å². The van der Waals surface area contributed by atoms with Crippen molar-refractivity contribution in [1.82, 2.24) is 10.3 Å². The van der Waals surface area contributed by atoms with Gasteiger partial charge in [0.15, 0.2) is 0 Å². The molecule has 0 aliphatic rings. The quantitative estimate of drug-likeness (QED) is 0.775. The van der Waals surface area contributed by atoms with Crippen LogP contribution in [0.5, 0.6) is 0 Å². The van der Waals surface area contributed by atoms with Crippen LogP contribution in [0.1, 0.15) is 17.2 Å². The van der Waals surface area contributed by atoms with E-state index in [0.29, 0.717) is 0 Å². The van der Waals surface area contributed by atoms with Gasteiger partial charge in [-0.25, -0.2) is 0 Å². The summed E-state index contributed by atoms with van der Waals surface area (Å²) in [6.45, 7) is 0. The molecule has 1 heterocycles. The second-order valence-corrected chi connectivity index (χ2v) is 5.55. The lowest BCUT2D eigenvalue weighted by atomic mass is 9.98. The van der Waals surface area contributed by atoms with Crippen molar-refractivity contribution >= 4 is 26.8 Å². The maximum Gasteiger partial charge on any atom is 0.0705 e. The number of nitrogens with zero attached hydrogens (tertiary/aromatic N) is 1. The summed E-state index contributed by atoms with van der Waals surface area (Å²) in [5, 5.41) is 4.55. The molecule has 1 aromatic heterocycles. The maximum atomic E-state index is 4.44. The smallest absolute Gasteiger partial charge is 0.0705 e. The molecule has 0 bridgehead atoms. The Kier molecular flexibility index (Phi) is 3.81. The van der Waals surface area contributed by atoms with Crippen LogP contribution in [0, 0.1) is 0 Å². The molecule has 0 aliphatic heterocycles. The molecule has 1 atom stereocenters. The maximum absolute atomic E-state index is 4.44. The van der Waals surface area contributed by atoms with Crippen LogP contribution in [0.3, 0.4) is 0 Å². The Morgan fingerprint density at radius 3 is 2.70 bits per heavy atom. The largest absolute Gasteiger partial charge is 0.309 e. The predicted molar refractivity (Wildman–Crippen MR) is 86.8 cm³/mol. The predicted octanol–water partition coefficient (Wildman–Crippen LogP) is 4.31. The molecule has 1 N–H and O–H groups in total. The van der Waals surface area contributed by atoms with Gasteiger partial charge in [0, 0.05) is 16.1 Å². The summed E-state index contributed by atoms with van der Waals surface area (Å²) in [6.07, 6.45) is 1.83. The third-order valence-corrected chi connectivity index (χ3v) is 4.19. The number of hydrogen-bond acceptors (Lipinski definition) is 2. The van der Waals surface area contributed by atoms with E-state index in [1.165, 1.54) is 16.5 Å². The molecular formula is C17H15BrN2. The highest BCUT2D eigenvalue weighted by molar-refractivity contribution is 9.10. The van der Waals surface area contributed by atoms with E-state index < -0.39 is 0 Å². The van der Waals surface area contributed by atoms with Gasteiger partial charge in [-0.05, 0) is 36.4 Å². The van der Waals surface area contributed by atoms with Crippen LogP contribution >= 0.6 is 15.9 Å². The van der Waals surface area contributed by atoms with Crippen molar-refractivity contribution in [2.24, 2.45) is 0 Å². The lowest BCUT2D eigenvalue weighted by Crippen LogP contribution is -2.18. The summed E-state index contributed by atoms with van der Waals surface area (Å²) in [5.74, 6) is 0. The molecule has 0 amide bonds. The van der Waals surface area contributed by atoms with Crippen LogP contribution in [-0.2, 0) is 0 Å². The van der Waals surface area contributed by atoms with E-state index in [1.807, 2.05) is 25.4 Å². The van der Waals surface area contributed by atoms with E-state index >= 15 is 0 Å². The topological polar surface area (TPSA) is 24.9 Å². The molecule has 100 valence electrons. The number of aromatic nitrogens is 1. The average Bonchev–Trinajstić information content (AvgIpc) is 2.50. The number of rotatable bonds is 3. The van der Waals surface area contributed by atoms with Gasteiger partial charge in [-0.3, -0.25) is 4.98 Å². The van der Waals surface area contributed by atoms with Gasteiger partial charge in [-0.15, -0.1) is 0 Å². The molecule has 2 nitrogen and oxygen atoms in total. The van der Waals surface area contributed by atoms with Gasteiger partial charge >= 0.3 is 0 Å². The number of pyridine rings is 1. The SMILES string of the molecule is CNC(c1ccc2cccnc2c1)c1ccccc1Br. The summed E-state index contributed by atoms with van der Waals surface area (Å²) in [4.78, 5) is 4.44. The first-order valence-electron chi connectivity index (χ1n) is 6.56. The molecule has 1 unspecified atom stereocenters. The second kappa shape index (κ2) is 5.73. The van der Waals surface area contributed by atoms with E-state index in [2.05, 4.69) is 68.7 Å². The zero-order valence-electron chi connectivity index (χ0n) is 11.2. The van der Waals surface area contributed by atoms with E-state index in [0.717, 1.165) is 9.99 Å². The number of hydrogen-bond donors (Lipinski definition) is 1. The van der Waals surface area contributed by atoms with Gasteiger partial charge in [-0.1, -0.05) is 52.3 Å². The highest BCUT2D eigenvalue weighted by Gasteiger charge is 2.14. The van der Waals surface area contributed by atoms with Crippen LogP contribution in [0.4, 0.5) is 0 Å². The molecule has 0 fully saturated rings. The van der Waals surface area contributed by atoms with Crippen molar-refractivity contribution in [3.05, 3.63) is 76.4 Å². The van der Waals surface area contributed by atoms with Gasteiger partial charge < -0.3 is 5.32 Å². The van der Waals surface area contributed by atoms with Crippen molar-refractivity contribution in [2.75, 3.05) is 7.05 Å². The molecule has 0 aliphatic carbocycles. The van der Waals surface area contributed by atoms with Crippen molar-refractivity contribution in [1.29, 1.82) is 0 Å². The molecular weight excluding hydrogens is 312 g/mol.